The van der Waals surface area contributed by atoms with Gasteiger partial charge in [-0.25, -0.2) is 4.99 Å². The maximum Gasteiger partial charge on any atom is 0.259 e. The molecular formula is C24H23NO3S. The summed E-state index contributed by atoms with van der Waals surface area (Å²) in [7, 11) is 0. The Balaban J connectivity index is 1.42. The van der Waals surface area contributed by atoms with E-state index in [1.54, 1.807) is 18.7 Å². The summed E-state index contributed by atoms with van der Waals surface area (Å²) in [5, 5.41) is 9.65. The normalized spacial score (nSPS) is 18.2. The van der Waals surface area contributed by atoms with E-state index < -0.39 is 5.72 Å². The Kier molecular flexibility index (Phi) is 5.60. The van der Waals surface area contributed by atoms with Gasteiger partial charge in [-0.05, 0) is 54.4 Å². The maximum absolute atomic E-state index is 9.65. The minimum Gasteiger partial charge on any atom is -0.475 e. The molecule has 1 atom stereocenters. The third kappa shape index (κ3) is 4.63. The fraction of sp³-hybridized carbons (Fsp3) is 0.208. The Hall–Kier alpha value is -2.76. The number of benzene rings is 3. The van der Waals surface area contributed by atoms with E-state index in [2.05, 4.69) is 60.4 Å². The number of hydrogen-bond donors (Lipinski definition) is 1. The van der Waals surface area contributed by atoms with Crippen molar-refractivity contribution in [3.8, 4) is 16.9 Å². The lowest BCUT2D eigenvalue weighted by atomic mass is 10.0. The van der Waals surface area contributed by atoms with Crippen molar-refractivity contribution in [2.75, 3.05) is 13.2 Å². The van der Waals surface area contributed by atoms with Gasteiger partial charge in [-0.3, -0.25) is 0 Å². The molecule has 4 nitrogen and oxygen atoms in total. The molecular weight excluding hydrogens is 382 g/mol. The van der Waals surface area contributed by atoms with Gasteiger partial charge >= 0.3 is 0 Å². The monoisotopic (exact) mass is 405 g/mol. The number of aliphatic hydroxyl groups excluding tert-OH is 1. The highest BCUT2D eigenvalue weighted by Gasteiger charge is 2.37. The fourth-order valence-corrected chi connectivity index (χ4v) is 3.94. The average Bonchev–Trinajstić information content (AvgIpc) is 3.12. The number of ether oxygens (including phenoxy) is 2. The summed E-state index contributed by atoms with van der Waals surface area (Å²) in [5.41, 5.74) is 2.66. The van der Waals surface area contributed by atoms with E-state index in [9.17, 15) is 5.11 Å². The zero-order valence-corrected chi connectivity index (χ0v) is 17.3. The highest BCUT2D eigenvalue weighted by Crippen LogP contribution is 2.32. The first-order valence-corrected chi connectivity index (χ1v) is 10.3. The molecule has 1 N–H and O–H groups in total. The van der Waals surface area contributed by atoms with Crippen LogP contribution in [-0.2, 0) is 4.74 Å². The quantitative estimate of drug-likeness (QED) is 0.602. The molecule has 3 aromatic carbocycles. The molecule has 0 aromatic heterocycles. The van der Waals surface area contributed by atoms with Gasteiger partial charge in [0.25, 0.3) is 5.72 Å². The van der Waals surface area contributed by atoms with Gasteiger partial charge in [0.15, 0.2) is 12.5 Å². The number of aliphatic imine (C=N–C) groups is 1. The van der Waals surface area contributed by atoms with Crippen LogP contribution in [0.1, 0.15) is 12.5 Å². The van der Waals surface area contributed by atoms with Gasteiger partial charge in [0, 0.05) is 16.7 Å². The van der Waals surface area contributed by atoms with E-state index in [0.717, 1.165) is 4.90 Å². The summed E-state index contributed by atoms with van der Waals surface area (Å²) in [6.07, 6.45) is 0. The second-order valence-corrected chi connectivity index (χ2v) is 8.24. The Morgan fingerprint density at radius 2 is 1.45 bits per heavy atom. The average molecular weight is 406 g/mol. The Labute approximate surface area is 175 Å². The molecule has 0 aliphatic carbocycles. The van der Waals surface area contributed by atoms with Gasteiger partial charge in [0.05, 0.1) is 0 Å². The van der Waals surface area contributed by atoms with Crippen molar-refractivity contribution in [1.29, 1.82) is 0 Å². The largest absolute Gasteiger partial charge is 0.475 e. The fourth-order valence-electron chi connectivity index (χ4n) is 3.13. The summed E-state index contributed by atoms with van der Waals surface area (Å²) in [6.45, 7) is 3.84. The maximum atomic E-state index is 9.65. The molecule has 3 aromatic rings. The van der Waals surface area contributed by atoms with Crippen LogP contribution in [0.2, 0.25) is 0 Å². The third-order valence-electron chi connectivity index (χ3n) is 4.72. The molecule has 1 aliphatic heterocycles. The Morgan fingerprint density at radius 1 is 0.897 bits per heavy atom. The van der Waals surface area contributed by atoms with Crippen LogP contribution in [0.15, 0.2) is 87.6 Å². The van der Waals surface area contributed by atoms with Crippen molar-refractivity contribution >= 4 is 17.7 Å². The van der Waals surface area contributed by atoms with Gasteiger partial charge in [-0.15, -0.1) is 0 Å². The van der Waals surface area contributed by atoms with Gasteiger partial charge in [0.2, 0.25) is 0 Å². The standard InChI is InChI=1S/C24H23NO3S/c1-17-3-5-19(6-4-17)20-7-11-22(12-8-20)29-23-13-9-21(10-14-23)28-24(15-26)16-27-18(2)25-24/h3-14,26H,15-16H2,1-2H3. The van der Waals surface area contributed by atoms with Crippen LogP contribution in [0.5, 0.6) is 5.75 Å². The second kappa shape index (κ2) is 8.31. The predicted molar refractivity (Wildman–Crippen MR) is 117 cm³/mol. The van der Waals surface area contributed by atoms with E-state index in [1.807, 2.05) is 24.3 Å². The Bertz CT molecular complexity index is 998. The molecule has 0 radical (unpaired) electrons. The number of hydrogen-bond acceptors (Lipinski definition) is 5. The highest BCUT2D eigenvalue weighted by molar-refractivity contribution is 7.99. The number of aliphatic hydroxyl groups is 1. The molecule has 0 amide bonds. The zero-order valence-electron chi connectivity index (χ0n) is 16.5. The van der Waals surface area contributed by atoms with Crippen LogP contribution in [0.3, 0.4) is 0 Å². The van der Waals surface area contributed by atoms with Gasteiger partial charge in [0.1, 0.15) is 12.4 Å². The summed E-state index contributed by atoms with van der Waals surface area (Å²) in [4.78, 5) is 6.56. The minimum atomic E-state index is -1.04. The topological polar surface area (TPSA) is 51.1 Å². The van der Waals surface area contributed by atoms with E-state index >= 15 is 0 Å². The van der Waals surface area contributed by atoms with Crippen LogP contribution in [0.4, 0.5) is 0 Å². The number of aryl methyl sites for hydroxylation is 1. The van der Waals surface area contributed by atoms with E-state index in [4.69, 9.17) is 9.47 Å². The summed E-state index contributed by atoms with van der Waals surface area (Å²) in [5.74, 6) is 1.18. The first-order chi connectivity index (χ1) is 14.0. The smallest absolute Gasteiger partial charge is 0.259 e. The molecule has 0 saturated heterocycles. The molecule has 1 aliphatic rings. The molecule has 4 rings (SSSR count). The minimum absolute atomic E-state index is 0.221. The van der Waals surface area contributed by atoms with Crippen molar-refractivity contribution < 1.29 is 14.6 Å². The third-order valence-corrected chi connectivity index (χ3v) is 5.74. The van der Waals surface area contributed by atoms with Crippen molar-refractivity contribution in [2.45, 2.75) is 29.4 Å². The number of nitrogens with zero attached hydrogens (tertiary/aromatic N) is 1. The molecule has 0 saturated carbocycles. The van der Waals surface area contributed by atoms with Crippen LogP contribution < -0.4 is 4.74 Å². The summed E-state index contributed by atoms with van der Waals surface area (Å²) < 4.78 is 11.2. The molecule has 29 heavy (non-hydrogen) atoms. The van der Waals surface area contributed by atoms with Crippen LogP contribution in [0, 0.1) is 6.92 Å². The van der Waals surface area contributed by atoms with Crippen LogP contribution in [0.25, 0.3) is 11.1 Å². The van der Waals surface area contributed by atoms with Crippen molar-refractivity contribution in [2.24, 2.45) is 4.99 Å². The lowest BCUT2D eigenvalue weighted by Crippen LogP contribution is -2.39. The molecule has 1 heterocycles. The molecule has 1 unspecified atom stereocenters. The number of rotatable bonds is 6. The molecule has 148 valence electrons. The summed E-state index contributed by atoms with van der Waals surface area (Å²) >= 11 is 1.69. The molecule has 0 fully saturated rings. The second-order valence-electron chi connectivity index (χ2n) is 7.09. The van der Waals surface area contributed by atoms with Crippen LogP contribution >= 0.6 is 11.8 Å². The molecule has 5 heteroatoms. The first-order valence-electron chi connectivity index (χ1n) is 9.49. The summed E-state index contributed by atoms with van der Waals surface area (Å²) in [6, 6.07) is 24.9. The van der Waals surface area contributed by atoms with Gasteiger partial charge in [-0.1, -0.05) is 53.7 Å². The lowest BCUT2D eigenvalue weighted by molar-refractivity contribution is -0.00264. The van der Waals surface area contributed by atoms with Crippen molar-refractivity contribution in [3.63, 3.8) is 0 Å². The van der Waals surface area contributed by atoms with Crippen molar-refractivity contribution in [1.82, 2.24) is 0 Å². The molecule has 0 spiro atoms. The predicted octanol–water partition coefficient (Wildman–Crippen LogP) is 5.33. The van der Waals surface area contributed by atoms with Gasteiger partial charge < -0.3 is 14.6 Å². The highest BCUT2D eigenvalue weighted by atomic mass is 32.2. The van der Waals surface area contributed by atoms with Gasteiger partial charge in [-0.2, -0.15) is 0 Å². The lowest BCUT2D eigenvalue weighted by Gasteiger charge is -2.23. The van der Waals surface area contributed by atoms with E-state index in [-0.39, 0.29) is 13.2 Å². The SMILES string of the molecule is CC1=NC(CO)(Oc2ccc(Sc3ccc(-c4ccc(C)cc4)cc3)cc2)CO1. The van der Waals surface area contributed by atoms with E-state index in [0.29, 0.717) is 11.6 Å². The molecule has 0 bridgehead atoms. The first kappa shape index (κ1) is 19.6. The van der Waals surface area contributed by atoms with Crippen LogP contribution in [-0.4, -0.2) is 29.9 Å². The van der Waals surface area contributed by atoms with Crippen molar-refractivity contribution in [3.05, 3.63) is 78.4 Å². The van der Waals surface area contributed by atoms with E-state index in [1.165, 1.54) is 21.6 Å². The zero-order chi connectivity index (χ0) is 20.3. The Morgan fingerprint density at radius 3 is 1.97 bits per heavy atom.